The Labute approximate surface area is 106 Å². The highest BCUT2D eigenvalue weighted by atomic mass is 32.2. The second-order valence-corrected chi connectivity index (χ2v) is 4.85. The highest BCUT2D eigenvalue weighted by Crippen LogP contribution is 1.99. The topological polar surface area (TPSA) is 78.4 Å². The van der Waals surface area contributed by atoms with Gasteiger partial charge in [-0.2, -0.15) is 11.8 Å². The number of carboxylic acids is 1. The van der Waals surface area contributed by atoms with E-state index >= 15 is 0 Å². The van der Waals surface area contributed by atoms with Crippen molar-refractivity contribution < 1.29 is 14.7 Å². The zero-order chi connectivity index (χ0) is 13.1. The molecule has 0 bridgehead atoms. The Kier molecular flexibility index (Phi) is 9.33. The van der Waals surface area contributed by atoms with E-state index in [9.17, 15) is 9.59 Å². The molecule has 6 heteroatoms. The van der Waals surface area contributed by atoms with Crippen molar-refractivity contribution in [3.8, 4) is 0 Å². The molecule has 1 atom stereocenters. The van der Waals surface area contributed by atoms with Gasteiger partial charge in [0.2, 0.25) is 0 Å². The van der Waals surface area contributed by atoms with Crippen LogP contribution in [-0.4, -0.2) is 41.7 Å². The molecular formula is C11H20N2O3S. The van der Waals surface area contributed by atoms with E-state index in [4.69, 9.17) is 5.11 Å². The van der Waals surface area contributed by atoms with Crippen molar-refractivity contribution >= 4 is 23.8 Å². The lowest BCUT2D eigenvalue weighted by Gasteiger charge is -2.11. The molecule has 0 aromatic carbocycles. The number of carboxylic acid groups (broad SMARTS) is 1. The Bertz CT molecular complexity index is 259. The number of thioether (sulfide) groups is 1. The maximum atomic E-state index is 11.3. The molecule has 5 nitrogen and oxygen atoms in total. The van der Waals surface area contributed by atoms with Crippen LogP contribution in [0.1, 0.15) is 13.3 Å². The lowest BCUT2D eigenvalue weighted by Crippen LogP contribution is -2.39. The summed E-state index contributed by atoms with van der Waals surface area (Å²) in [5.74, 6) is 0.803. The second kappa shape index (κ2) is 10.0. The van der Waals surface area contributed by atoms with Crippen LogP contribution < -0.4 is 10.6 Å². The molecule has 98 valence electrons. The molecule has 0 aromatic heterocycles. The minimum Gasteiger partial charge on any atom is -0.481 e. The van der Waals surface area contributed by atoms with Crippen LogP contribution in [0.4, 0.5) is 4.79 Å². The molecule has 0 aromatic rings. The summed E-state index contributed by atoms with van der Waals surface area (Å²) in [5, 5.41) is 13.9. The summed E-state index contributed by atoms with van der Waals surface area (Å²) in [6.45, 7) is 6.35. The molecule has 3 N–H and O–H groups in total. The predicted octanol–water partition coefficient (Wildman–Crippen LogP) is 1.32. The zero-order valence-electron chi connectivity index (χ0n) is 10.1. The highest BCUT2D eigenvalue weighted by Gasteiger charge is 2.08. The van der Waals surface area contributed by atoms with Gasteiger partial charge in [0.25, 0.3) is 0 Å². The van der Waals surface area contributed by atoms with Gasteiger partial charge in [-0.15, -0.1) is 6.58 Å². The lowest BCUT2D eigenvalue weighted by molar-refractivity contribution is -0.137. The van der Waals surface area contributed by atoms with Crippen molar-refractivity contribution in [2.75, 3.05) is 24.6 Å². The van der Waals surface area contributed by atoms with E-state index in [1.54, 1.807) is 18.7 Å². The number of rotatable bonds is 9. The molecule has 0 heterocycles. The Morgan fingerprint density at radius 3 is 2.76 bits per heavy atom. The first kappa shape index (κ1) is 15.8. The van der Waals surface area contributed by atoms with Gasteiger partial charge >= 0.3 is 12.0 Å². The number of amides is 2. The van der Waals surface area contributed by atoms with Crippen LogP contribution in [0.5, 0.6) is 0 Å². The average Bonchev–Trinajstić information content (AvgIpc) is 2.25. The van der Waals surface area contributed by atoms with Crippen LogP contribution in [0, 0.1) is 5.92 Å². The van der Waals surface area contributed by atoms with Gasteiger partial charge in [-0.05, 0) is 5.92 Å². The monoisotopic (exact) mass is 260 g/mol. The van der Waals surface area contributed by atoms with Gasteiger partial charge in [0.05, 0.1) is 0 Å². The number of urea groups is 1. The van der Waals surface area contributed by atoms with Crippen molar-refractivity contribution in [1.29, 1.82) is 0 Å². The number of nitrogens with one attached hydrogen (secondary N) is 2. The Balaban J connectivity index is 3.45. The summed E-state index contributed by atoms with van der Waals surface area (Å²) >= 11 is 1.69. The molecule has 0 aliphatic carbocycles. The van der Waals surface area contributed by atoms with Gasteiger partial charge in [-0.25, -0.2) is 4.79 Å². The molecule has 0 rings (SSSR count). The van der Waals surface area contributed by atoms with E-state index in [0.29, 0.717) is 13.1 Å². The van der Waals surface area contributed by atoms with Crippen LogP contribution in [0.15, 0.2) is 12.7 Å². The fraction of sp³-hybridized carbons (Fsp3) is 0.636. The smallest absolute Gasteiger partial charge is 0.314 e. The van der Waals surface area contributed by atoms with Crippen molar-refractivity contribution in [2.24, 2.45) is 5.92 Å². The van der Waals surface area contributed by atoms with Crippen LogP contribution in [0.2, 0.25) is 0 Å². The predicted molar refractivity (Wildman–Crippen MR) is 70.3 cm³/mol. The van der Waals surface area contributed by atoms with E-state index < -0.39 is 5.97 Å². The first-order chi connectivity index (χ1) is 8.06. The number of aliphatic carboxylic acids is 1. The summed E-state index contributed by atoms with van der Waals surface area (Å²) in [6, 6.07) is -0.249. The average molecular weight is 260 g/mol. The van der Waals surface area contributed by atoms with Gasteiger partial charge in [-0.3, -0.25) is 4.79 Å². The molecule has 0 saturated carbocycles. The van der Waals surface area contributed by atoms with Gasteiger partial charge in [-0.1, -0.05) is 13.0 Å². The van der Waals surface area contributed by atoms with E-state index in [2.05, 4.69) is 17.2 Å². The number of carbonyl (C=O) groups excluding carboxylic acids is 1. The largest absolute Gasteiger partial charge is 0.481 e. The van der Waals surface area contributed by atoms with E-state index in [1.807, 2.05) is 6.08 Å². The maximum absolute atomic E-state index is 11.3. The lowest BCUT2D eigenvalue weighted by atomic mass is 10.1. The molecular weight excluding hydrogens is 240 g/mol. The summed E-state index contributed by atoms with van der Waals surface area (Å²) in [6.07, 6.45) is 1.88. The first-order valence-electron chi connectivity index (χ1n) is 5.48. The molecule has 0 fully saturated rings. The summed E-state index contributed by atoms with van der Waals surface area (Å²) < 4.78 is 0. The van der Waals surface area contributed by atoms with Crippen molar-refractivity contribution in [3.63, 3.8) is 0 Å². The normalized spacial score (nSPS) is 11.6. The molecule has 1 unspecified atom stereocenters. The Morgan fingerprint density at radius 1 is 1.47 bits per heavy atom. The minimum absolute atomic E-state index is 0.0617. The Morgan fingerprint density at radius 2 is 2.18 bits per heavy atom. The van der Waals surface area contributed by atoms with Crippen molar-refractivity contribution in [3.05, 3.63) is 12.7 Å². The standard InChI is InChI=1S/C11H20N2O3S/c1-3-5-17-6-4-12-11(16)13-8-9(2)7-10(14)15/h3,9H,1,4-8H2,2H3,(H,14,15)(H2,12,13,16). The SMILES string of the molecule is C=CCSCCNC(=O)NCC(C)CC(=O)O. The van der Waals surface area contributed by atoms with Crippen LogP contribution >= 0.6 is 11.8 Å². The first-order valence-corrected chi connectivity index (χ1v) is 6.63. The molecule has 0 radical (unpaired) electrons. The van der Waals surface area contributed by atoms with Gasteiger partial charge in [0.1, 0.15) is 0 Å². The molecule has 17 heavy (non-hydrogen) atoms. The summed E-state index contributed by atoms with van der Waals surface area (Å²) in [4.78, 5) is 21.7. The zero-order valence-corrected chi connectivity index (χ0v) is 10.9. The fourth-order valence-corrected chi connectivity index (χ4v) is 1.68. The number of hydrogen-bond donors (Lipinski definition) is 3. The summed E-state index contributed by atoms with van der Waals surface area (Å²) in [7, 11) is 0. The van der Waals surface area contributed by atoms with Crippen molar-refractivity contribution in [2.45, 2.75) is 13.3 Å². The molecule has 0 aliphatic heterocycles. The van der Waals surface area contributed by atoms with Crippen molar-refractivity contribution in [1.82, 2.24) is 10.6 Å². The van der Waals surface area contributed by atoms with Gasteiger partial charge in [0, 0.05) is 31.0 Å². The third-order valence-electron chi connectivity index (χ3n) is 1.90. The third-order valence-corrected chi connectivity index (χ3v) is 2.87. The maximum Gasteiger partial charge on any atom is 0.314 e. The van der Waals surface area contributed by atoms with Crippen LogP contribution in [0.25, 0.3) is 0 Å². The quantitative estimate of drug-likeness (QED) is 0.431. The number of carbonyl (C=O) groups is 2. The van der Waals surface area contributed by atoms with E-state index in [1.165, 1.54) is 0 Å². The molecule has 0 aliphatic rings. The van der Waals surface area contributed by atoms with Gasteiger partial charge in [0.15, 0.2) is 0 Å². The molecule has 0 spiro atoms. The molecule has 0 saturated heterocycles. The third kappa shape index (κ3) is 11.1. The van der Waals surface area contributed by atoms with E-state index in [0.717, 1.165) is 11.5 Å². The second-order valence-electron chi connectivity index (χ2n) is 3.70. The fourth-order valence-electron chi connectivity index (χ4n) is 1.10. The minimum atomic E-state index is -0.847. The van der Waals surface area contributed by atoms with Crippen LogP contribution in [-0.2, 0) is 4.79 Å². The van der Waals surface area contributed by atoms with Gasteiger partial charge < -0.3 is 15.7 Å². The molecule has 2 amide bonds. The van der Waals surface area contributed by atoms with Crippen LogP contribution in [0.3, 0.4) is 0 Å². The number of hydrogen-bond acceptors (Lipinski definition) is 3. The highest BCUT2D eigenvalue weighted by molar-refractivity contribution is 7.99. The summed E-state index contributed by atoms with van der Waals surface area (Å²) in [5.41, 5.74) is 0. The Hall–Kier alpha value is -1.17. The van der Waals surface area contributed by atoms with E-state index in [-0.39, 0.29) is 18.4 Å².